The number of thiazole rings is 1. The average Bonchev–Trinajstić information content (AvgIpc) is 3.16. The number of methoxy groups -OCH3 is 1. The van der Waals surface area contributed by atoms with Crippen molar-refractivity contribution in [3.63, 3.8) is 0 Å². The molecule has 7 heteroatoms. The summed E-state index contributed by atoms with van der Waals surface area (Å²) in [6.07, 6.45) is 0. The van der Waals surface area contributed by atoms with Gasteiger partial charge in [0.1, 0.15) is 10.8 Å². The molecule has 152 valence electrons. The third-order valence-corrected chi connectivity index (χ3v) is 6.12. The van der Waals surface area contributed by atoms with Crippen molar-refractivity contribution in [3.8, 4) is 5.75 Å². The first-order valence-electron chi connectivity index (χ1n) is 9.85. The van der Waals surface area contributed by atoms with Gasteiger partial charge in [-0.25, -0.2) is 9.78 Å². The number of anilines is 1. The first-order chi connectivity index (χ1) is 14.2. The molecule has 3 aromatic rings. The largest absolute Gasteiger partial charge is 0.494 e. The van der Waals surface area contributed by atoms with Gasteiger partial charge in [0.2, 0.25) is 0 Å². The van der Waals surface area contributed by atoms with Crippen molar-refractivity contribution >= 4 is 33.2 Å². The Hall–Kier alpha value is -2.64. The predicted molar refractivity (Wildman–Crippen MR) is 116 cm³/mol. The van der Waals surface area contributed by atoms with Crippen molar-refractivity contribution in [1.29, 1.82) is 0 Å². The summed E-state index contributed by atoms with van der Waals surface area (Å²) < 4.78 is 11.8. The number of nitrogens with zero attached hydrogens (tertiary/aromatic N) is 3. The molecule has 1 aliphatic heterocycles. The number of piperazine rings is 1. The Kier molecular flexibility index (Phi) is 5.97. The highest BCUT2D eigenvalue weighted by Crippen LogP contribution is 2.29. The molecule has 6 nitrogen and oxygen atoms in total. The van der Waals surface area contributed by atoms with Crippen LogP contribution in [0.5, 0.6) is 5.75 Å². The highest BCUT2D eigenvalue weighted by molar-refractivity contribution is 7.18. The SMILES string of the molecule is CCOc1ccc(C(=O)OC)c(N2CCN(Cc3nc4ccccc4s3)CC2)c1. The highest BCUT2D eigenvalue weighted by Gasteiger charge is 2.23. The molecular formula is C22H25N3O3S. The topological polar surface area (TPSA) is 54.9 Å². The van der Waals surface area contributed by atoms with Crippen LogP contribution in [0.1, 0.15) is 22.3 Å². The fraction of sp³-hybridized carbons (Fsp3) is 0.364. The van der Waals surface area contributed by atoms with Crippen LogP contribution in [0.2, 0.25) is 0 Å². The van der Waals surface area contributed by atoms with Crippen molar-refractivity contribution in [3.05, 3.63) is 53.0 Å². The van der Waals surface area contributed by atoms with E-state index in [1.807, 2.05) is 25.1 Å². The zero-order valence-corrected chi connectivity index (χ0v) is 17.6. The van der Waals surface area contributed by atoms with Crippen LogP contribution >= 0.6 is 11.3 Å². The average molecular weight is 412 g/mol. The van der Waals surface area contributed by atoms with Gasteiger partial charge in [-0.2, -0.15) is 0 Å². The van der Waals surface area contributed by atoms with Crippen LogP contribution in [-0.2, 0) is 11.3 Å². The van der Waals surface area contributed by atoms with Crippen LogP contribution in [0.3, 0.4) is 0 Å². The first kappa shape index (κ1) is 19.7. The molecule has 0 spiro atoms. The standard InChI is InChI=1S/C22H25N3O3S/c1-3-28-16-8-9-17(22(26)27-2)19(14-16)25-12-10-24(11-13-25)15-21-23-18-6-4-5-7-20(18)29-21/h4-9,14H,3,10-13,15H2,1-2H3. The zero-order chi connectivity index (χ0) is 20.2. The zero-order valence-electron chi connectivity index (χ0n) is 16.8. The number of hydrogen-bond donors (Lipinski definition) is 0. The number of aromatic nitrogens is 1. The maximum absolute atomic E-state index is 12.2. The molecule has 0 amide bonds. The van der Waals surface area contributed by atoms with E-state index in [2.05, 4.69) is 28.0 Å². The Labute approximate surface area is 174 Å². The minimum atomic E-state index is -0.319. The van der Waals surface area contributed by atoms with Crippen LogP contribution in [0.25, 0.3) is 10.2 Å². The van der Waals surface area contributed by atoms with E-state index in [0.29, 0.717) is 12.2 Å². The molecule has 0 saturated carbocycles. The summed E-state index contributed by atoms with van der Waals surface area (Å²) in [4.78, 5) is 21.6. The van der Waals surface area contributed by atoms with Gasteiger partial charge in [0.25, 0.3) is 0 Å². The maximum atomic E-state index is 12.2. The number of hydrogen-bond acceptors (Lipinski definition) is 7. The van der Waals surface area contributed by atoms with Crippen LogP contribution < -0.4 is 9.64 Å². The second-order valence-corrected chi connectivity index (χ2v) is 8.06. The van der Waals surface area contributed by atoms with Gasteiger partial charge in [0, 0.05) is 32.2 Å². The van der Waals surface area contributed by atoms with Gasteiger partial charge in [0.05, 0.1) is 41.7 Å². The summed E-state index contributed by atoms with van der Waals surface area (Å²) in [6, 6.07) is 13.8. The van der Waals surface area contributed by atoms with Gasteiger partial charge in [-0.1, -0.05) is 12.1 Å². The summed E-state index contributed by atoms with van der Waals surface area (Å²) in [7, 11) is 1.42. The van der Waals surface area contributed by atoms with Crippen molar-refractivity contribution in [1.82, 2.24) is 9.88 Å². The van der Waals surface area contributed by atoms with E-state index in [9.17, 15) is 4.79 Å². The number of esters is 1. The number of rotatable bonds is 6. The number of carbonyl (C=O) groups excluding carboxylic acids is 1. The van der Waals surface area contributed by atoms with E-state index in [1.54, 1.807) is 17.4 Å². The Bertz CT molecular complexity index is 963. The van der Waals surface area contributed by atoms with E-state index in [1.165, 1.54) is 11.8 Å². The third kappa shape index (κ3) is 4.36. The Balaban J connectivity index is 1.45. The fourth-order valence-electron chi connectivity index (χ4n) is 3.64. The molecule has 0 unspecified atom stereocenters. The molecule has 0 atom stereocenters. The summed E-state index contributed by atoms with van der Waals surface area (Å²) >= 11 is 1.76. The molecule has 4 rings (SSSR count). The lowest BCUT2D eigenvalue weighted by atomic mass is 10.1. The number of benzene rings is 2. The predicted octanol–water partition coefficient (Wildman–Crippen LogP) is 3.80. The van der Waals surface area contributed by atoms with Crippen molar-refractivity contribution in [2.75, 3.05) is 44.8 Å². The summed E-state index contributed by atoms with van der Waals surface area (Å²) in [6.45, 7) is 6.90. The van der Waals surface area contributed by atoms with E-state index >= 15 is 0 Å². The van der Waals surface area contributed by atoms with E-state index < -0.39 is 0 Å². The van der Waals surface area contributed by atoms with Crippen LogP contribution in [0.4, 0.5) is 5.69 Å². The van der Waals surface area contributed by atoms with Gasteiger partial charge < -0.3 is 14.4 Å². The minimum Gasteiger partial charge on any atom is -0.494 e. The molecule has 0 radical (unpaired) electrons. The molecule has 1 saturated heterocycles. The van der Waals surface area contributed by atoms with E-state index in [-0.39, 0.29) is 5.97 Å². The minimum absolute atomic E-state index is 0.319. The van der Waals surface area contributed by atoms with Crippen molar-refractivity contribution < 1.29 is 14.3 Å². The maximum Gasteiger partial charge on any atom is 0.339 e. The molecule has 0 aliphatic carbocycles. The summed E-state index contributed by atoms with van der Waals surface area (Å²) in [5, 5.41) is 1.15. The van der Waals surface area contributed by atoms with Gasteiger partial charge in [-0.15, -0.1) is 11.3 Å². The second kappa shape index (κ2) is 8.80. The van der Waals surface area contributed by atoms with Crippen LogP contribution in [0, 0.1) is 0 Å². The lowest BCUT2D eigenvalue weighted by Gasteiger charge is -2.36. The molecule has 1 fully saturated rings. The van der Waals surface area contributed by atoms with E-state index in [0.717, 1.165) is 54.7 Å². The molecule has 0 N–H and O–H groups in total. The summed E-state index contributed by atoms with van der Waals surface area (Å²) in [5.74, 6) is 0.451. The summed E-state index contributed by atoms with van der Waals surface area (Å²) in [5.41, 5.74) is 2.53. The van der Waals surface area contributed by atoms with Gasteiger partial charge in [-0.3, -0.25) is 4.90 Å². The smallest absolute Gasteiger partial charge is 0.339 e. The van der Waals surface area contributed by atoms with Crippen LogP contribution in [0.15, 0.2) is 42.5 Å². The van der Waals surface area contributed by atoms with Gasteiger partial charge >= 0.3 is 5.97 Å². The molecular weight excluding hydrogens is 386 g/mol. The molecule has 2 aromatic carbocycles. The second-order valence-electron chi connectivity index (χ2n) is 6.94. The molecule has 0 bridgehead atoms. The lowest BCUT2D eigenvalue weighted by Crippen LogP contribution is -2.46. The Morgan fingerprint density at radius 3 is 2.66 bits per heavy atom. The number of ether oxygens (including phenoxy) is 2. The normalized spacial score (nSPS) is 14.9. The molecule has 2 heterocycles. The van der Waals surface area contributed by atoms with Crippen molar-refractivity contribution in [2.24, 2.45) is 0 Å². The first-order valence-corrected chi connectivity index (χ1v) is 10.7. The third-order valence-electron chi connectivity index (χ3n) is 5.10. The van der Waals surface area contributed by atoms with Crippen LogP contribution in [-0.4, -0.2) is 55.7 Å². The Morgan fingerprint density at radius 1 is 1.14 bits per heavy atom. The molecule has 29 heavy (non-hydrogen) atoms. The quantitative estimate of drug-likeness (QED) is 0.575. The van der Waals surface area contributed by atoms with Gasteiger partial charge in [0.15, 0.2) is 0 Å². The highest BCUT2D eigenvalue weighted by atomic mass is 32.1. The Morgan fingerprint density at radius 2 is 1.93 bits per heavy atom. The fourth-order valence-corrected chi connectivity index (χ4v) is 4.65. The monoisotopic (exact) mass is 411 g/mol. The lowest BCUT2D eigenvalue weighted by molar-refractivity contribution is 0.0601. The molecule has 1 aromatic heterocycles. The van der Waals surface area contributed by atoms with E-state index in [4.69, 9.17) is 14.5 Å². The number of carbonyl (C=O) groups is 1. The molecule has 1 aliphatic rings. The number of para-hydroxylation sites is 1. The van der Waals surface area contributed by atoms with Crippen molar-refractivity contribution in [2.45, 2.75) is 13.5 Å². The van der Waals surface area contributed by atoms with Gasteiger partial charge in [-0.05, 0) is 31.2 Å². The number of fused-ring (bicyclic) bond motifs is 1.